The lowest BCUT2D eigenvalue weighted by Gasteiger charge is -2.08. The van der Waals surface area contributed by atoms with Crippen molar-refractivity contribution in [3.63, 3.8) is 0 Å². The van der Waals surface area contributed by atoms with Crippen LogP contribution in [0, 0.1) is 0 Å². The third-order valence-corrected chi connectivity index (χ3v) is 2.79. The molecule has 0 aromatic carbocycles. The van der Waals surface area contributed by atoms with E-state index in [-0.39, 0.29) is 11.9 Å². The summed E-state index contributed by atoms with van der Waals surface area (Å²) in [6.45, 7) is 0.804. The summed E-state index contributed by atoms with van der Waals surface area (Å²) in [4.78, 5) is 4.32. The molecule has 0 amide bonds. The average molecular weight is 204 g/mol. The van der Waals surface area contributed by atoms with Crippen LogP contribution in [0.15, 0.2) is 24.5 Å². The van der Waals surface area contributed by atoms with Gasteiger partial charge in [-0.15, -0.1) is 0 Å². The van der Waals surface area contributed by atoms with Gasteiger partial charge in [-0.2, -0.15) is 0 Å². The smallest absolute Gasteiger partial charge is 0.142 e. The molecule has 3 rings (SSSR count). The maximum atomic E-state index is 9.63. The Morgan fingerprint density at radius 1 is 1.53 bits per heavy atom. The summed E-state index contributed by atoms with van der Waals surface area (Å²) in [5, 5.41) is 9.63. The zero-order valence-electron chi connectivity index (χ0n) is 8.26. The van der Waals surface area contributed by atoms with Gasteiger partial charge in [0.1, 0.15) is 23.2 Å². The fraction of sp³-hybridized carbons (Fsp3) is 0.364. The monoisotopic (exact) mass is 204 g/mol. The van der Waals surface area contributed by atoms with Crippen molar-refractivity contribution >= 4 is 5.52 Å². The second-order valence-electron chi connectivity index (χ2n) is 3.77. The number of nitrogens with zero attached hydrogens (tertiary/aromatic N) is 2. The van der Waals surface area contributed by atoms with Gasteiger partial charge in [-0.25, -0.2) is 4.98 Å². The molecule has 4 heteroatoms. The van der Waals surface area contributed by atoms with Gasteiger partial charge in [0, 0.05) is 12.8 Å². The molecule has 1 aliphatic heterocycles. The van der Waals surface area contributed by atoms with Crippen LogP contribution in [0.1, 0.15) is 24.8 Å². The Morgan fingerprint density at radius 3 is 3.27 bits per heavy atom. The first-order chi connectivity index (χ1) is 7.36. The Bertz CT molecular complexity index is 486. The van der Waals surface area contributed by atoms with Crippen LogP contribution in [0.3, 0.4) is 0 Å². The Morgan fingerprint density at radius 2 is 2.47 bits per heavy atom. The summed E-state index contributed by atoms with van der Waals surface area (Å²) in [6.07, 6.45) is 5.76. The molecule has 2 aromatic heterocycles. The van der Waals surface area contributed by atoms with Crippen LogP contribution < -0.4 is 0 Å². The minimum Gasteiger partial charge on any atom is -0.506 e. The molecule has 0 spiro atoms. The van der Waals surface area contributed by atoms with Crippen LogP contribution in [0.2, 0.25) is 0 Å². The average Bonchev–Trinajstić information content (AvgIpc) is 2.85. The SMILES string of the molecule is Oc1cccn2c(C3CCCO3)ncc12. The molecule has 1 fully saturated rings. The Labute approximate surface area is 87.1 Å². The molecule has 15 heavy (non-hydrogen) atoms. The van der Waals surface area contributed by atoms with Crippen LogP contribution in [-0.4, -0.2) is 21.1 Å². The largest absolute Gasteiger partial charge is 0.506 e. The highest BCUT2D eigenvalue weighted by atomic mass is 16.5. The lowest BCUT2D eigenvalue weighted by atomic mass is 10.2. The maximum Gasteiger partial charge on any atom is 0.142 e. The predicted molar refractivity (Wildman–Crippen MR) is 54.8 cm³/mol. The molecular formula is C11H12N2O2. The van der Waals surface area contributed by atoms with Gasteiger partial charge in [0.2, 0.25) is 0 Å². The fourth-order valence-electron chi connectivity index (χ4n) is 2.05. The van der Waals surface area contributed by atoms with Crippen molar-refractivity contribution in [3.05, 3.63) is 30.4 Å². The van der Waals surface area contributed by atoms with E-state index in [1.165, 1.54) is 0 Å². The van der Waals surface area contributed by atoms with Crippen molar-refractivity contribution in [2.24, 2.45) is 0 Å². The molecule has 1 N–H and O–H groups in total. The van der Waals surface area contributed by atoms with Gasteiger partial charge in [0.25, 0.3) is 0 Å². The summed E-state index contributed by atoms with van der Waals surface area (Å²) < 4.78 is 7.47. The molecule has 2 aromatic rings. The van der Waals surface area contributed by atoms with Gasteiger partial charge in [-0.3, -0.25) is 4.40 Å². The van der Waals surface area contributed by atoms with Gasteiger partial charge in [0.05, 0.1) is 6.20 Å². The van der Waals surface area contributed by atoms with E-state index in [1.807, 2.05) is 16.7 Å². The first kappa shape index (κ1) is 8.73. The van der Waals surface area contributed by atoms with E-state index in [1.54, 1.807) is 12.3 Å². The van der Waals surface area contributed by atoms with E-state index in [9.17, 15) is 5.11 Å². The number of rotatable bonds is 1. The number of ether oxygens (including phenoxy) is 1. The second kappa shape index (κ2) is 3.24. The second-order valence-corrected chi connectivity index (χ2v) is 3.77. The molecule has 0 radical (unpaired) electrons. The normalized spacial score (nSPS) is 21.2. The van der Waals surface area contributed by atoms with E-state index in [0.717, 1.165) is 30.8 Å². The molecule has 0 saturated carbocycles. The fourth-order valence-corrected chi connectivity index (χ4v) is 2.05. The van der Waals surface area contributed by atoms with Crippen LogP contribution in [0.4, 0.5) is 0 Å². The standard InChI is InChI=1S/C11H12N2O2/c14-9-3-1-5-13-8(9)7-12-11(13)10-4-2-6-15-10/h1,3,5,7,10,14H,2,4,6H2. The summed E-state index contributed by atoms with van der Waals surface area (Å²) in [6, 6.07) is 3.47. The number of aromatic hydroxyl groups is 1. The first-order valence-electron chi connectivity index (χ1n) is 5.13. The molecule has 1 atom stereocenters. The van der Waals surface area contributed by atoms with Crippen LogP contribution in [0.25, 0.3) is 5.52 Å². The molecule has 78 valence electrons. The minimum atomic E-state index is 0.0781. The number of imidazole rings is 1. The van der Waals surface area contributed by atoms with Crippen molar-refractivity contribution < 1.29 is 9.84 Å². The van der Waals surface area contributed by atoms with E-state index in [0.29, 0.717) is 0 Å². The Balaban J connectivity index is 2.15. The minimum absolute atomic E-state index is 0.0781. The van der Waals surface area contributed by atoms with Crippen LogP contribution in [0.5, 0.6) is 5.75 Å². The lowest BCUT2D eigenvalue weighted by Crippen LogP contribution is -2.02. The molecule has 1 aliphatic rings. The van der Waals surface area contributed by atoms with Crippen molar-refractivity contribution in [2.75, 3.05) is 6.61 Å². The Kier molecular flexibility index (Phi) is 1.89. The number of pyridine rings is 1. The van der Waals surface area contributed by atoms with Crippen molar-refractivity contribution in [1.29, 1.82) is 0 Å². The number of aromatic nitrogens is 2. The van der Waals surface area contributed by atoms with Crippen molar-refractivity contribution in [3.8, 4) is 5.75 Å². The highest BCUT2D eigenvalue weighted by molar-refractivity contribution is 5.58. The van der Waals surface area contributed by atoms with Gasteiger partial charge < -0.3 is 9.84 Å². The quantitative estimate of drug-likeness (QED) is 0.771. The van der Waals surface area contributed by atoms with Gasteiger partial charge in [-0.05, 0) is 25.0 Å². The number of fused-ring (bicyclic) bond motifs is 1. The third kappa shape index (κ3) is 1.29. The van der Waals surface area contributed by atoms with E-state index < -0.39 is 0 Å². The highest BCUT2D eigenvalue weighted by Crippen LogP contribution is 2.29. The third-order valence-electron chi connectivity index (χ3n) is 2.79. The Hall–Kier alpha value is -1.55. The summed E-state index contributed by atoms with van der Waals surface area (Å²) in [5.41, 5.74) is 0.739. The number of hydrogen-bond donors (Lipinski definition) is 1. The molecular weight excluding hydrogens is 192 g/mol. The molecule has 0 aliphatic carbocycles. The van der Waals surface area contributed by atoms with Crippen LogP contribution in [-0.2, 0) is 4.74 Å². The summed E-state index contributed by atoms with van der Waals surface area (Å²) in [5.74, 6) is 1.15. The maximum absolute atomic E-state index is 9.63. The topological polar surface area (TPSA) is 46.8 Å². The lowest BCUT2D eigenvalue weighted by molar-refractivity contribution is 0.104. The molecule has 1 unspecified atom stereocenters. The number of hydrogen-bond acceptors (Lipinski definition) is 3. The van der Waals surface area contributed by atoms with E-state index >= 15 is 0 Å². The zero-order chi connectivity index (χ0) is 10.3. The summed E-state index contributed by atoms with van der Waals surface area (Å²) >= 11 is 0. The summed E-state index contributed by atoms with van der Waals surface area (Å²) in [7, 11) is 0. The molecule has 4 nitrogen and oxygen atoms in total. The highest BCUT2D eigenvalue weighted by Gasteiger charge is 2.22. The zero-order valence-corrected chi connectivity index (χ0v) is 8.26. The van der Waals surface area contributed by atoms with E-state index in [2.05, 4.69) is 4.98 Å². The van der Waals surface area contributed by atoms with Crippen molar-refractivity contribution in [2.45, 2.75) is 18.9 Å². The first-order valence-corrected chi connectivity index (χ1v) is 5.13. The van der Waals surface area contributed by atoms with Crippen molar-refractivity contribution in [1.82, 2.24) is 9.38 Å². The van der Waals surface area contributed by atoms with Crippen LogP contribution >= 0.6 is 0 Å². The molecule has 0 bridgehead atoms. The van der Waals surface area contributed by atoms with Gasteiger partial charge in [-0.1, -0.05) is 0 Å². The molecule has 1 saturated heterocycles. The molecule has 3 heterocycles. The van der Waals surface area contributed by atoms with E-state index in [4.69, 9.17) is 4.74 Å². The predicted octanol–water partition coefficient (Wildman–Crippen LogP) is 1.89. The van der Waals surface area contributed by atoms with Gasteiger partial charge in [0.15, 0.2) is 0 Å². The van der Waals surface area contributed by atoms with Gasteiger partial charge >= 0.3 is 0 Å².